The highest BCUT2D eigenvalue weighted by atomic mass is 16.7. The van der Waals surface area contributed by atoms with Crippen LogP contribution in [0.4, 0.5) is 0 Å². The van der Waals surface area contributed by atoms with Gasteiger partial charge in [-0.15, -0.1) is 0 Å². The summed E-state index contributed by atoms with van der Waals surface area (Å²) in [6.45, 7) is 11.1. The van der Waals surface area contributed by atoms with Gasteiger partial charge in [0.2, 0.25) is 0 Å². The lowest BCUT2D eigenvalue weighted by molar-refractivity contribution is -0.331. The number of ether oxygens (including phenoxy) is 4. The van der Waals surface area contributed by atoms with Gasteiger partial charge in [0, 0.05) is 5.41 Å². The van der Waals surface area contributed by atoms with E-state index in [1.807, 2.05) is 0 Å². The average molecular weight is 817 g/mol. The van der Waals surface area contributed by atoms with Crippen molar-refractivity contribution < 1.29 is 75.1 Å². The topological polar surface area (TPSA) is 259 Å². The second kappa shape index (κ2) is 15.3. The highest BCUT2D eigenvalue weighted by Crippen LogP contribution is 2.89. The first-order valence-corrected chi connectivity index (χ1v) is 21.5. The zero-order valence-corrected chi connectivity index (χ0v) is 34.6. The second-order valence-electron chi connectivity index (χ2n) is 20.8. The maximum absolute atomic E-state index is 12.0. The number of hydrogen-bond acceptors (Lipinski definition) is 15. The van der Waals surface area contributed by atoms with Crippen LogP contribution in [0.15, 0.2) is 0 Å². The first kappa shape index (κ1) is 44.5. The van der Waals surface area contributed by atoms with Crippen LogP contribution in [-0.2, 0) is 18.9 Å². The molecule has 7 aliphatic rings. The molecule has 0 aromatic carbocycles. The number of hydrogen-bond donors (Lipinski definition) is 11. The van der Waals surface area contributed by atoms with Gasteiger partial charge in [0.1, 0.15) is 48.8 Å². The molecule has 0 unspecified atom stereocenters. The van der Waals surface area contributed by atoms with Crippen LogP contribution in [0.1, 0.15) is 106 Å². The number of aliphatic hydroxyl groups excluding tert-OH is 11. The molecule has 0 aromatic heterocycles. The molecule has 11 N–H and O–H groups in total. The monoisotopic (exact) mass is 816 g/mol. The Kier molecular flexibility index (Phi) is 12.0. The molecule has 2 heterocycles. The predicted molar refractivity (Wildman–Crippen MR) is 202 cm³/mol. The Hall–Kier alpha value is -0.600. The molecule has 15 heteroatoms. The van der Waals surface area contributed by atoms with Gasteiger partial charge in [0.05, 0.1) is 43.7 Å². The highest BCUT2D eigenvalue weighted by Gasteiger charge is 2.83. The minimum absolute atomic E-state index is 0.000619. The molecular weight excluding hydrogens is 744 g/mol. The van der Waals surface area contributed by atoms with Crippen LogP contribution in [0.3, 0.4) is 0 Å². The minimum Gasteiger partial charge on any atom is -0.396 e. The standard InChI is InChI=1S/C42H72O15/c1-20(7-10-26(47)37(2,3)57-36-34(53)32(51)30(49)23(17-44)55-36)28-21(46)15-40(6)25-9-8-24-38(4,19-45)27(56-35-33(52)31(50)29(48)22(16-43)54-35)11-12-41(24)18-42(25,41)14-13-39(28,40)5/h20-36,43-53H,7-19H2,1-6H3/t20-,21+,22-,23-,24+,25+,26+,27+,28+,29-,30-,31+,32+,33-,34-,35+,36+,38-,39-,40+,41-,42-/m1/s1. The zero-order chi connectivity index (χ0) is 41.8. The molecule has 2 spiro atoms. The van der Waals surface area contributed by atoms with Crippen molar-refractivity contribution in [2.75, 3.05) is 19.8 Å². The van der Waals surface area contributed by atoms with E-state index in [1.165, 1.54) is 0 Å². The summed E-state index contributed by atoms with van der Waals surface area (Å²) >= 11 is 0. The van der Waals surface area contributed by atoms with Gasteiger partial charge in [-0.3, -0.25) is 0 Å². The molecule has 7 rings (SSSR count). The molecule has 5 saturated carbocycles. The van der Waals surface area contributed by atoms with E-state index in [4.69, 9.17) is 18.9 Å². The van der Waals surface area contributed by atoms with Crippen LogP contribution in [0.2, 0.25) is 0 Å². The quantitative estimate of drug-likeness (QED) is 0.115. The first-order chi connectivity index (χ1) is 26.6. The summed E-state index contributed by atoms with van der Waals surface area (Å²) in [5, 5.41) is 116. The molecule has 15 nitrogen and oxygen atoms in total. The highest BCUT2D eigenvalue weighted by molar-refractivity contribution is 5.31. The van der Waals surface area contributed by atoms with Crippen LogP contribution in [0.5, 0.6) is 0 Å². The zero-order valence-electron chi connectivity index (χ0n) is 34.6. The third-order valence-corrected chi connectivity index (χ3v) is 18.0. The Morgan fingerprint density at radius 3 is 1.84 bits per heavy atom. The van der Waals surface area contributed by atoms with Crippen molar-refractivity contribution in [1.29, 1.82) is 0 Å². The van der Waals surface area contributed by atoms with Gasteiger partial charge in [-0.2, -0.15) is 0 Å². The molecule has 57 heavy (non-hydrogen) atoms. The van der Waals surface area contributed by atoms with Gasteiger partial charge >= 0.3 is 0 Å². The third-order valence-electron chi connectivity index (χ3n) is 18.0. The molecule has 330 valence electrons. The summed E-state index contributed by atoms with van der Waals surface area (Å²) in [6, 6.07) is 0. The Morgan fingerprint density at radius 1 is 0.684 bits per heavy atom. The Balaban J connectivity index is 1.02. The Bertz CT molecular complexity index is 1430. The van der Waals surface area contributed by atoms with Gasteiger partial charge in [0.25, 0.3) is 0 Å². The van der Waals surface area contributed by atoms with E-state index in [0.29, 0.717) is 31.6 Å². The van der Waals surface area contributed by atoms with Crippen molar-refractivity contribution in [3.8, 4) is 0 Å². The maximum Gasteiger partial charge on any atom is 0.187 e. The summed E-state index contributed by atoms with van der Waals surface area (Å²) in [7, 11) is 0. The molecule has 2 saturated heterocycles. The fourth-order valence-corrected chi connectivity index (χ4v) is 14.6. The van der Waals surface area contributed by atoms with Gasteiger partial charge in [-0.1, -0.05) is 27.7 Å². The van der Waals surface area contributed by atoms with E-state index in [0.717, 1.165) is 38.5 Å². The summed E-state index contributed by atoms with van der Waals surface area (Å²) in [5.74, 6) is 0.600. The summed E-state index contributed by atoms with van der Waals surface area (Å²) < 4.78 is 23.7. The number of aliphatic hydroxyl groups is 11. The van der Waals surface area contributed by atoms with Gasteiger partial charge in [-0.05, 0) is 123 Å². The normalized spacial score (nSPS) is 54.6. The molecule has 0 aromatic rings. The second-order valence-corrected chi connectivity index (χ2v) is 20.8. The molecule has 0 radical (unpaired) electrons. The van der Waals surface area contributed by atoms with Crippen LogP contribution in [0, 0.1) is 50.7 Å². The molecule has 22 atom stereocenters. The summed E-state index contributed by atoms with van der Waals surface area (Å²) in [5.41, 5.74) is -2.07. The number of fused-ring (bicyclic) bond motifs is 2. The molecule has 5 aliphatic carbocycles. The largest absolute Gasteiger partial charge is 0.396 e. The first-order valence-electron chi connectivity index (χ1n) is 21.5. The lowest BCUT2D eigenvalue weighted by atomic mass is 9.41. The third kappa shape index (κ3) is 6.54. The van der Waals surface area contributed by atoms with Crippen molar-refractivity contribution in [3.63, 3.8) is 0 Å². The van der Waals surface area contributed by atoms with Crippen molar-refractivity contribution in [1.82, 2.24) is 0 Å². The lowest BCUT2D eigenvalue weighted by Crippen LogP contribution is -2.62. The van der Waals surface area contributed by atoms with Crippen molar-refractivity contribution in [2.45, 2.75) is 191 Å². The molecule has 0 bridgehead atoms. The van der Waals surface area contributed by atoms with Crippen LogP contribution in [0.25, 0.3) is 0 Å². The smallest absolute Gasteiger partial charge is 0.187 e. The Morgan fingerprint density at radius 2 is 1.25 bits per heavy atom. The fraction of sp³-hybridized carbons (Fsp3) is 1.00. The fourth-order valence-electron chi connectivity index (χ4n) is 14.6. The Labute approximate surface area is 336 Å². The van der Waals surface area contributed by atoms with Crippen LogP contribution >= 0.6 is 0 Å². The maximum atomic E-state index is 12.0. The van der Waals surface area contributed by atoms with Crippen LogP contribution < -0.4 is 0 Å². The van der Waals surface area contributed by atoms with E-state index < -0.39 is 104 Å². The van der Waals surface area contributed by atoms with Crippen LogP contribution in [-0.4, -0.2) is 161 Å². The molecule has 2 aliphatic heterocycles. The molecular formula is C42H72O15. The lowest BCUT2D eigenvalue weighted by Gasteiger charge is -2.63. The van der Waals surface area contributed by atoms with Gasteiger partial charge in [-0.25, -0.2) is 0 Å². The number of rotatable bonds is 12. The SMILES string of the molecule is C[C@H](CC[C@H](O)C(C)(C)O[C@@H]1O[C@H](CO)[C@@H](O)[C@H](O)[C@H]1O)[C@H]1[C@@H](O)C[C@@]2(C)[C@@H]3CC[C@H]4[C@@](C)(CO)[C@@H](O[C@@H]5O[C@H](CO)[C@@H](O)[C@H](O)[C@H]5O)CC[C@@]45C[C@]35CC[C@]12C. The summed E-state index contributed by atoms with van der Waals surface area (Å²) in [4.78, 5) is 0. The predicted octanol–water partition coefficient (Wildman–Crippen LogP) is -0.0739. The van der Waals surface area contributed by atoms with Gasteiger partial charge < -0.3 is 75.1 Å². The van der Waals surface area contributed by atoms with Gasteiger partial charge in [0.15, 0.2) is 12.6 Å². The van der Waals surface area contributed by atoms with Crippen molar-refractivity contribution in [3.05, 3.63) is 0 Å². The molecule has 0 amide bonds. The minimum atomic E-state index is -1.59. The van der Waals surface area contributed by atoms with E-state index in [1.54, 1.807) is 13.8 Å². The average Bonchev–Trinajstić information content (AvgIpc) is 3.78. The van der Waals surface area contributed by atoms with E-state index in [-0.39, 0.29) is 46.0 Å². The molecule has 7 fully saturated rings. The van der Waals surface area contributed by atoms with E-state index in [9.17, 15) is 56.2 Å². The van der Waals surface area contributed by atoms with Crippen molar-refractivity contribution in [2.24, 2.45) is 50.7 Å². The van der Waals surface area contributed by atoms with E-state index >= 15 is 0 Å². The van der Waals surface area contributed by atoms with Crippen molar-refractivity contribution >= 4 is 0 Å². The summed E-state index contributed by atoms with van der Waals surface area (Å²) in [6.07, 6.45) is -7.94. The van der Waals surface area contributed by atoms with E-state index in [2.05, 4.69) is 27.7 Å².